The molecule has 0 aromatic heterocycles. The molecule has 1 heteroatoms. The Morgan fingerprint density at radius 1 is 1.19 bits per heavy atom. The lowest BCUT2D eigenvalue weighted by Crippen LogP contribution is -2.23. The largest absolute Gasteiger partial charge is 0.300 e. The molecular weight excluding hydrogens is 194 g/mol. The van der Waals surface area contributed by atoms with E-state index in [1.54, 1.807) is 0 Å². The highest BCUT2D eigenvalue weighted by Gasteiger charge is 1.97. The minimum Gasteiger partial charge on any atom is -0.300 e. The summed E-state index contributed by atoms with van der Waals surface area (Å²) >= 11 is 0. The number of nitrogens with zero attached hydrogens (tertiary/aromatic N) is 1. The molecule has 0 fully saturated rings. The molecule has 0 bridgehead atoms. The molecule has 0 unspecified atom stereocenters. The molecule has 16 heavy (non-hydrogen) atoms. The summed E-state index contributed by atoms with van der Waals surface area (Å²) in [5, 5.41) is 0. The van der Waals surface area contributed by atoms with Crippen LogP contribution in [0.2, 0.25) is 0 Å². The summed E-state index contributed by atoms with van der Waals surface area (Å²) in [5.41, 5.74) is 2.67. The van der Waals surface area contributed by atoms with Crippen molar-refractivity contribution in [1.29, 1.82) is 0 Å². The molecule has 0 saturated carbocycles. The zero-order valence-corrected chi connectivity index (χ0v) is 10.7. The maximum absolute atomic E-state index is 2.45. The average Bonchev–Trinajstić information content (AvgIpc) is 2.30. The summed E-state index contributed by atoms with van der Waals surface area (Å²) in [6.07, 6.45) is 5.72. The highest BCUT2D eigenvalue weighted by molar-refractivity contribution is 5.53. The smallest absolute Gasteiger partial charge is 0.0166 e. The van der Waals surface area contributed by atoms with Crippen LogP contribution in [0, 0.1) is 6.92 Å². The van der Waals surface area contributed by atoms with Gasteiger partial charge in [0.15, 0.2) is 0 Å². The molecule has 1 aromatic carbocycles. The zero-order chi connectivity index (χ0) is 11.8. The summed E-state index contributed by atoms with van der Waals surface area (Å²) < 4.78 is 0. The summed E-state index contributed by atoms with van der Waals surface area (Å²) in [5.74, 6) is 0. The molecule has 0 aliphatic rings. The van der Waals surface area contributed by atoms with Gasteiger partial charge in [0.1, 0.15) is 0 Å². The number of rotatable bonds is 6. The van der Waals surface area contributed by atoms with Crippen molar-refractivity contribution in [2.45, 2.75) is 27.2 Å². The van der Waals surface area contributed by atoms with Gasteiger partial charge in [0.05, 0.1) is 0 Å². The van der Waals surface area contributed by atoms with Gasteiger partial charge in [-0.25, -0.2) is 0 Å². The predicted octanol–water partition coefficient (Wildman–Crippen LogP) is 3.74. The Morgan fingerprint density at radius 2 is 1.94 bits per heavy atom. The van der Waals surface area contributed by atoms with Gasteiger partial charge in [-0.3, -0.25) is 4.90 Å². The van der Waals surface area contributed by atoms with Crippen LogP contribution in [0.15, 0.2) is 30.3 Å². The van der Waals surface area contributed by atoms with Crippen LogP contribution in [-0.4, -0.2) is 24.5 Å². The van der Waals surface area contributed by atoms with Gasteiger partial charge >= 0.3 is 0 Å². The van der Waals surface area contributed by atoms with Crippen LogP contribution in [0.3, 0.4) is 0 Å². The maximum atomic E-state index is 2.45. The van der Waals surface area contributed by atoms with Gasteiger partial charge in [0.25, 0.3) is 0 Å². The third-order valence-corrected chi connectivity index (χ3v) is 2.84. The summed E-state index contributed by atoms with van der Waals surface area (Å²) in [6, 6.07) is 8.50. The number of hydrogen-bond acceptors (Lipinski definition) is 1. The van der Waals surface area contributed by atoms with Crippen LogP contribution < -0.4 is 0 Å². The van der Waals surface area contributed by atoms with Crippen LogP contribution in [0.1, 0.15) is 31.4 Å². The fourth-order valence-corrected chi connectivity index (χ4v) is 1.80. The van der Waals surface area contributed by atoms with E-state index in [9.17, 15) is 0 Å². The van der Waals surface area contributed by atoms with Crippen LogP contribution >= 0.6 is 0 Å². The molecule has 1 rings (SSSR count). The minimum atomic E-state index is 1.05. The Hall–Kier alpha value is -1.08. The quantitative estimate of drug-likeness (QED) is 0.701. The van der Waals surface area contributed by atoms with E-state index in [4.69, 9.17) is 0 Å². The van der Waals surface area contributed by atoms with E-state index in [0.29, 0.717) is 0 Å². The molecule has 0 atom stereocenters. The van der Waals surface area contributed by atoms with Crippen molar-refractivity contribution < 1.29 is 0 Å². The molecular formula is C15H23N. The zero-order valence-electron chi connectivity index (χ0n) is 10.7. The van der Waals surface area contributed by atoms with Gasteiger partial charge in [-0.1, -0.05) is 50.3 Å². The average molecular weight is 217 g/mol. The molecule has 0 spiro atoms. The van der Waals surface area contributed by atoms with Crippen molar-refractivity contribution in [2.75, 3.05) is 19.6 Å². The summed E-state index contributed by atoms with van der Waals surface area (Å²) in [4.78, 5) is 2.45. The van der Waals surface area contributed by atoms with E-state index in [2.05, 4.69) is 62.1 Å². The fourth-order valence-electron chi connectivity index (χ4n) is 1.80. The number of benzene rings is 1. The van der Waals surface area contributed by atoms with Crippen molar-refractivity contribution in [2.24, 2.45) is 0 Å². The van der Waals surface area contributed by atoms with Gasteiger partial charge < -0.3 is 0 Å². The van der Waals surface area contributed by atoms with E-state index in [1.807, 2.05) is 0 Å². The first-order chi connectivity index (χ1) is 7.77. The van der Waals surface area contributed by atoms with E-state index < -0.39 is 0 Å². The van der Waals surface area contributed by atoms with Crippen molar-refractivity contribution in [1.82, 2.24) is 4.90 Å². The molecule has 0 radical (unpaired) electrons. The minimum absolute atomic E-state index is 1.05. The third kappa shape index (κ3) is 4.19. The number of hydrogen-bond donors (Lipinski definition) is 0. The molecule has 0 saturated heterocycles. The second-order valence-corrected chi connectivity index (χ2v) is 4.15. The summed E-state index contributed by atoms with van der Waals surface area (Å²) in [7, 11) is 0. The number of likely N-dealkylation sites (N-methyl/N-ethyl adjacent to an activating group) is 1. The van der Waals surface area contributed by atoms with E-state index in [0.717, 1.165) is 13.1 Å². The van der Waals surface area contributed by atoms with Crippen molar-refractivity contribution in [3.8, 4) is 0 Å². The topological polar surface area (TPSA) is 3.24 Å². The van der Waals surface area contributed by atoms with Gasteiger partial charge in [0.2, 0.25) is 0 Å². The third-order valence-electron chi connectivity index (χ3n) is 2.84. The van der Waals surface area contributed by atoms with Crippen LogP contribution in [0.5, 0.6) is 0 Å². The first-order valence-corrected chi connectivity index (χ1v) is 6.22. The van der Waals surface area contributed by atoms with Gasteiger partial charge in [-0.15, -0.1) is 0 Å². The van der Waals surface area contributed by atoms with Crippen LogP contribution in [0.4, 0.5) is 0 Å². The fraction of sp³-hybridized carbons (Fsp3) is 0.467. The predicted molar refractivity (Wildman–Crippen MR) is 72.6 cm³/mol. The second-order valence-electron chi connectivity index (χ2n) is 4.15. The maximum Gasteiger partial charge on any atom is 0.0166 e. The monoisotopic (exact) mass is 217 g/mol. The lowest BCUT2D eigenvalue weighted by Gasteiger charge is -2.16. The first-order valence-electron chi connectivity index (χ1n) is 6.22. The van der Waals surface area contributed by atoms with E-state index >= 15 is 0 Å². The normalized spacial score (nSPS) is 11.5. The highest BCUT2D eigenvalue weighted by atomic mass is 15.1. The Balaban J connectivity index is 2.51. The van der Waals surface area contributed by atoms with Crippen molar-refractivity contribution in [3.05, 3.63) is 41.5 Å². The Labute approximate surface area is 99.8 Å². The standard InChI is InChI=1S/C15H23N/c1-4-12-16(5-2)13-8-11-15-10-7-6-9-14(15)3/h6-11H,4-5,12-13H2,1-3H3/b11-8+. The van der Waals surface area contributed by atoms with E-state index in [1.165, 1.54) is 24.1 Å². The molecule has 1 aromatic rings. The Bertz CT molecular complexity index is 328. The van der Waals surface area contributed by atoms with Crippen molar-refractivity contribution >= 4 is 6.08 Å². The molecule has 1 nitrogen and oxygen atoms in total. The van der Waals surface area contributed by atoms with Crippen LogP contribution in [0.25, 0.3) is 6.08 Å². The van der Waals surface area contributed by atoms with Gasteiger partial charge in [0, 0.05) is 6.54 Å². The molecule has 0 aliphatic carbocycles. The van der Waals surface area contributed by atoms with E-state index in [-0.39, 0.29) is 0 Å². The molecule has 88 valence electrons. The lowest BCUT2D eigenvalue weighted by molar-refractivity contribution is 0.320. The van der Waals surface area contributed by atoms with Crippen molar-refractivity contribution in [3.63, 3.8) is 0 Å². The summed E-state index contributed by atoms with van der Waals surface area (Å²) in [6.45, 7) is 9.98. The molecule has 0 aliphatic heterocycles. The highest BCUT2D eigenvalue weighted by Crippen LogP contribution is 2.08. The van der Waals surface area contributed by atoms with Crippen LogP contribution in [-0.2, 0) is 0 Å². The van der Waals surface area contributed by atoms with Gasteiger partial charge in [-0.05, 0) is 37.6 Å². The molecule has 0 N–H and O–H groups in total. The first kappa shape index (κ1) is 13.0. The Kier molecular flexibility index (Phi) is 5.87. The lowest BCUT2D eigenvalue weighted by atomic mass is 10.1. The number of aryl methyl sites for hydroxylation is 1. The Morgan fingerprint density at radius 3 is 2.56 bits per heavy atom. The molecule has 0 amide bonds. The molecule has 0 heterocycles. The second kappa shape index (κ2) is 7.24. The van der Waals surface area contributed by atoms with Gasteiger partial charge in [-0.2, -0.15) is 0 Å². The SMILES string of the molecule is CCCN(CC)C/C=C/c1ccccc1C.